The predicted octanol–water partition coefficient (Wildman–Crippen LogP) is 3.07. The summed E-state index contributed by atoms with van der Waals surface area (Å²) in [6.07, 6.45) is 0. The number of rotatable bonds is 3. The third-order valence-electron chi connectivity index (χ3n) is 3.41. The van der Waals surface area contributed by atoms with Gasteiger partial charge in [0, 0.05) is 18.6 Å². The van der Waals surface area contributed by atoms with Crippen LogP contribution in [0.5, 0.6) is 5.75 Å². The normalized spacial score (nSPS) is 19.8. The number of methoxy groups -OCH3 is 1. The Balaban J connectivity index is 2.11. The molecule has 0 unspecified atom stereocenters. The summed E-state index contributed by atoms with van der Waals surface area (Å²) in [7, 11) is 1.69. The Labute approximate surface area is 117 Å². The van der Waals surface area contributed by atoms with Crippen LogP contribution >= 0.6 is 15.9 Å². The highest BCUT2D eigenvalue weighted by Gasteiger charge is 2.30. The van der Waals surface area contributed by atoms with E-state index in [-0.39, 0.29) is 5.54 Å². The molecule has 3 nitrogen and oxygen atoms in total. The Kier molecular flexibility index (Phi) is 4.30. The van der Waals surface area contributed by atoms with Crippen molar-refractivity contribution >= 4 is 15.9 Å². The van der Waals surface area contributed by atoms with Gasteiger partial charge in [0.1, 0.15) is 5.75 Å². The van der Waals surface area contributed by atoms with Gasteiger partial charge in [0.15, 0.2) is 0 Å². The van der Waals surface area contributed by atoms with E-state index in [1.807, 2.05) is 6.07 Å². The maximum absolute atomic E-state index is 5.54. The van der Waals surface area contributed by atoms with E-state index in [1.165, 1.54) is 5.56 Å². The van der Waals surface area contributed by atoms with Gasteiger partial charge >= 0.3 is 0 Å². The molecule has 0 spiro atoms. The molecule has 0 aliphatic carbocycles. The molecule has 1 aromatic rings. The van der Waals surface area contributed by atoms with Crippen molar-refractivity contribution in [1.82, 2.24) is 4.90 Å². The molecule has 0 N–H and O–H groups in total. The second-order valence-electron chi connectivity index (χ2n) is 5.26. The second-order valence-corrected chi connectivity index (χ2v) is 6.11. The van der Waals surface area contributed by atoms with Crippen LogP contribution in [0.2, 0.25) is 0 Å². The van der Waals surface area contributed by atoms with Crippen LogP contribution in [0.3, 0.4) is 0 Å². The number of hydrogen-bond acceptors (Lipinski definition) is 3. The van der Waals surface area contributed by atoms with Crippen molar-refractivity contribution in [2.75, 3.05) is 26.9 Å². The Morgan fingerprint density at radius 3 is 2.83 bits per heavy atom. The van der Waals surface area contributed by atoms with Gasteiger partial charge in [0.2, 0.25) is 0 Å². The molecular formula is C14H20BrNO2. The Hall–Kier alpha value is -0.580. The van der Waals surface area contributed by atoms with Crippen LogP contribution in [0.15, 0.2) is 22.7 Å². The average Bonchev–Trinajstić information content (AvgIpc) is 2.32. The summed E-state index contributed by atoms with van der Waals surface area (Å²) in [4.78, 5) is 2.46. The van der Waals surface area contributed by atoms with Crippen LogP contribution < -0.4 is 4.74 Å². The molecule has 18 heavy (non-hydrogen) atoms. The largest absolute Gasteiger partial charge is 0.496 e. The second kappa shape index (κ2) is 5.59. The van der Waals surface area contributed by atoms with Gasteiger partial charge in [0.05, 0.1) is 24.8 Å². The van der Waals surface area contributed by atoms with E-state index in [4.69, 9.17) is 9.47 Å². The Morgan fingerprint density at radius 1 is 1.44 bits per heavy atom. The standard InChI is InChI=1S/C14H20BrNO2/c1-14(2)10-18-7-6-16(14)9-11-4-5-13(17-3)12(15)8-11/h4-5,8H,6-7,9-10H2,1-3H3. The first-order valence-corrected chi connectivity index (χ1v) is 6.97. The highest BCUT2D eigenvalue weighted by molar-refractivity contribution is 9.10. The number of morpholine rings is 1. The summed E-state index contributed by atoms with van der Waals surface area (Å²) in [6.45, 7) is 8.00. The molecular weight excluding hydrogens is 294 g/mol. The van der Waals surface area contributed by atoms with Crippen molar-refractivity contribution in [1.29, 1.82) is 0 Å². The molecule has 0 bridgehead atoms. The third-order valence-corrected chi connectivity index (χ3v) is 4.03. The molecule has 2 rings (SSSR count). The van der Waals surface area contributed by atoms with E-state index in [9.17, 15) is 0 Å². The summed E-state index contributed by atoms with van der Waals surface area (Å²) >= 11 is 3.53. The summed E-state index contributed by atoms with van der Waals surface area (Å²) in [5.74, 6) is 0.875. The molecule has 1 heterocycles. The van der Waals surface area contributed by atoms with Gasteiger partial charge in [-0.05, 0) is 47.5 Å². The highest BCUT2D eigenvalue weighted by atomic mass is 79.9. The molecule has 0 radical (unpaired) electrons. The van der Waals surface area contributed by atoms with Crippen molar-refractivity contribution in [3.63, 3.8) is 0 Å². The van der Waals surface area contributed by atoms with E-state index in [0.717, 1.165) is 36.5 Å². The fraction of sp³-hybridized carbons (Fsp3) is 0.571. The van der Waals surface area contributed by atoms with Crippen LogP contribution in [-0.4, -0.2) is 37.3 Å². The quantitative estimate of drug-likeness (QED) is 0.856. The molecule has 0 aromatic heterocycles. The molecule has 100 valence electrons. The van der Waals surface area contributed by atoms with Crippen LogP contribution in [0, 0.1) is 0 Å². The van der Waals surface area contributed by atoms with E-state index in [1.54, 1.807) is 7.11 Å². The fourth-order valence-corrected chi connectivity index (χ4v) is 2.80. The lowest BCUT2D eigenvalue weighted by molar-refractivity contribution is -0.0552. The first-order chi connectivity index (χ1) is 8.53. The van der Waals surface area contributed by atoms with Crippen molar-refractivity contribution in [2.24, 2.45) is 0 Å². The van der Waals surface area contributed by atoms with Gasteiger partial charge < -0.3 is 9.47 Å². The zero-order valence-corrected chi connectivity index (χ0v) is 12.8. The van der Waals surface area contributed by atoms with E-state index in [0.29, 0.717) is 0 Å². The average molecular weight is 314 g/mol. The van der Waals surface area contributed by atoms with Crippen LogP contribution in [-0.2, 0) is 11.3 Å². The lowest BCUT2D eigenvalue weighted by Crippen LogP contribution is -2.52. The Morgan fingerprint density at radius 2 is 2.22 bits per heavy atom. The summed E-state index contributed by atoms with van der Waals surface area (Å²) in [5.41, 5.74) is 1.39. The predicted molar refractivity (Wildman–Crippen MR) is 76.0 cm³/mol. The van der Waals surface area contributed by atoms with Gasteiger partial charge in [-0.2, -0.15) is 0 Å². The topological polar surface area (TPSA) is 21.7 Å². The maximum atomic E-state index is 5.54. The minimum absolute atomic E-state index is 0.102. The zero-order chi connectivity index (χ0) is 13.2. The van der Waals surface area contributed by atoms with Gasteiger partial charge in [-0.3, -0.25) is 4.90 Å². The SMILES string of the molecule is COc1ccc(CN2CCOCC2(C)C)cc1Br. The molecule has 0 saturated carbocycles. The van der Waals surface area contributed by atoms with E-state index < -0.39 is 0 Å². The number of halogens is 1. The first kappa shape index (κ1) is 13.8. The molecule has 1 aliphatic rings. The van der Waals surface area contributed by atoms with Crippen molar-refractivity contribution in [2.45, 2.75) is 25.9 Å². The maximum Gasteiger partial charge on any atom is 0.133 e. The van der Waals surface area contributed by atoms with Gasteiger partial charge in [0.25, 0.3) is 0 Å². The smallest absolute Gasteiger partial charge is 0.133 e. The minimum atomic E-state index is 0.102. The molecule has 1 saturated heterocycles. The molecule has 0 amide bonds. The summed E-state index contributed by atoms with van der Waals surface area (Å²) in [6, 6.07) is 6.26. The molecule has 1 aliphatic heterocycles. The van der Waals surface area contributed by atoms with Crippen molar-refractivity contribution in [3.8, 4) is 5.75 Å². The molecule has 1 fully saturated rings. The van der Waals surface area contributed by atoms with E-state index >= 15 is 0 Å². The van der Waals surface area contributed by atoms with Crippen LogP contribution in [0.25, 0.3) is 0 Å². The third kappa shape index (κ3) is 3.05. The molecule has 4 heteroatoms. The molecule has 1 aromatic carbocycles. The zero-order valence-electron chi connectivity index (χ0n) is 11.2. The summed E-state index contributed by atoms with van der Waals surface area (Å²) < 4.78 is 11.8. The van der Waals surface area contributed by atoms with Gasteiger partial charge in [-0.15, -0.1) is 0 Å². The van der Waals surface area contributed by atoms with Crippen molar-refractivity contribution < 1.29 is 9.47 Å². The molecule has 0 atom stereocenters. The van der Waals surface area contributed by atoms with Crippen molar-refractivity contribution in [3.05, 3.63) is 28.2 Å². The van der Waals surface area contributed by atoms with Gasteiger partial charge in [-0.1, -0.05) is 6.07 Å². The number of nitrogens with zero attached hydrogens (tertiary/aromatic N) is 1. The van der Waals surface area contributed by atoms with Gasteiger partial charge in [-0.25, -0.2) is 0 Å². The number of hydrogen-bond donors (Lipinski definition) is 0. The number of ether oxygens (including phenoxy) is 2. The Bertz CT molecular complexity index is 420. The summed E-state index contributed by atoms with van der Waals surface area (Å²) in [5, 5.41) is 0. The lowest BCUT2D eigenvalue weighted by Gasteiger charge is -2.42. The van der Waals surface area contributed by atoms with E-state index in [2.05, 4.69) is 46.8 Å². The lowest BCUT2D eigenvalue weighted by atomic mass is 10.0. The fourth-order valence-electron chi connectivity index (χ4n) is 2.21. The number of benzene rings is 1. The van der Waals surface area contributed by atoms with Crippen LogP contribution in [0.1, 0.15) is 19.4 Å². The highest BCUT2D eigenvalue weighted by Crippen LogP contribution is 2.28. The minimum Gasteiger partial charge on any atom is -0.496 e. The monoisotopic (exact) mass is 313 g/mol. The first-order valence-electron chi connectivity index (χ1n) is 6.18. The van der Waals surface area contributed by atoms with Crippen LogP contribution in [0.4, 0.5) is 0 Å².